The third-order valence-electron chi connectivity index (χ3n) is 4.05. The Kier molecular flexibility index (Phi) is 5.43. The van der Waals surface area contributed by atoms with Gasteiger partial charge < -0.3 is 24.5 Å². The molecule has 2 N–H and O–H groups in total. The number of carbonyl (C=O) groups excluding carboxylic acids is 2. The molecule has 2 aromatic rings. The smallest absolute Gasteiger partial charge is 0.309 e. The number of furan rings is 1. The van der Waals surface area contributed by atoms with E-state index < -0.39 is 11.8 Å². The Morgan fingerprint density at radius 3 is 2.62 bits per heavy atom. The van der Waals surface area contributed by atoms with E-state index in [4.69, 9.17) is 13.9 Å². The standard InChI is InChI=1S/C18H21N3O5/c1-21(2)13(14-4-3-7-24-14)10-20-18(23)17(22)19-9-12-5-6-15-16(8-12)26-11-25-15/h3-8,13H,9-11H2,1-2H3,(H,19,22)(H,20,23). The second-order valence-electron chi connectivity index (χ2n) is 6.08. The third kappa shape index (κ3) is 4.15. The van der Waals surface area contributed by atoms with E-state index in [0.717, 1.165) is 11.3 Å². The molecule has 0 radical (unpaired) electrons. The molecule has 0 saturated carbocycles. The van der Waals surface area contributed by atoms with E-state index in [1.165, 1.54) is 0 Å². The second-order valence-corrected chi connectivity index (χ2v) is 6.08. The molecule has 26 heavy (non-hydrogen) atoms. The average molecular weight is 359 g/mol. The van der Waals surface area contributed by atoms with Crippen molar-refractivity contribution in [1.29, 1.82) is 0 Å². The van der Waals surface area contributed by atoms with Gasteiger partial charge in [-0.25, -0.2) is 0 Å². The Balaban J connectivity index is 1.49. The molecule has 2 heterocycles. The topological polar surface area (TPSA) is 93.0 Å². The lowest BCUT2D eigenvalue weighted by atomic mass is 10.2. The number of carbonyl (C=O) groups is 2. The molecule has 0 saturated heterocycles. The van der Waals surface area contributed by atoms with Gasteiger partial charge in [-0.1, -0.05) is 6.07 Å². The van der Waals surface area contributed by atoms with Gasteiger partial charge in [-0.15, -0.1) is 0 Å². The van der Waals surface area contributed by atoms with Gasteiger partial charge in [-0.05, 0) is 43.9 Å². The Hall–Kier alpha value is -3.00. The number of rotatable bonds is 6. The quantitative estimate of drug-likeness (QED) is 0.749. The number of ether oxygens (including phenoxy) is 2. The predicted molar refractivity (Wildman–Crippen MR) is 92.6 cm³/mol. The van der Waals surface area contributed by atoms with Crippen molar-refractivity contribution in [2.24, 2.45) is 0 Å². The van der Waals surface area contributed by atoms with Crippen molar-refractivity contribution in [2.75, 3.05) is 27.4 Å². The number of nitrogens with one attached hydrogen (secondary N) is 2. The van der Waals surface area contributed by atoms with Crippen LogP contribution in [0, 0.1) is 0 Å². The SMILES string of the molecule is CN(C)C(CNC(=O)C(=O)NCc1ccc2c(c1)OCO2)c1ccco1. The van der Waals surface area contributed by atoms with Crippen LogP contribution in [0.5, 0.6) is 11.5 Å². The van der Waals surface area contributed by atoms with Crippen molar-refractivity contribution in [3.63, 3.8) is 0 Å². The maximum Gasteiger partial charge on any atom is 0.309 e. The van der Waals surface area contributed by atoms with Crippen LogP contribution in [0.2, 0.25) is 0 Å². The molecule has 0 fully saturated rings. The first-order valence-electron chi connectivity index (χ1n) is 8.19. The van der Waals surface area contributed by atoms with Gasteiger partial charge in [0.25, 0.3) is 0 Å². The molecular weight excluding hydrogens is 338 g/mol. The van der Waals surface area contributed by atoms with Gasteiger partial charge >= 0.3 is 11.8 Å². The summed E-state index contributed by atoms with van der Waals surface area (Å²) in [4.78, 5) is 25.9. The van der Waals surface area contributed by atoms with Crippen molar-refractivity contribution in [1.82, 2.24) is 15.5 Å². The zero-order valence-corrected chi connectivity index (χ0v) is 14.7. The van der Waals surface area contributed by atoms with Crippen molar-refractivity contribution in [2.45, 2.75) is 12.6 Å². The van der Waals surface area contributed by atoms with Gasteiger partial charge in [0.05, 0.1) is 12.3 Å². The first kappa shape index (κ1) is 17.8. The van der Waals surface area contributed by atoms with Crippen LogP contribution in [0.4, 0.5) is 0 Å². The van der Waals surface area contributed by atoms with Crippen LogP contribution in [-0.4, -0.2) is 44.1 Å². The molecular formula is C18H21N3O5. The number of fused-ring (bicyclic) bond motifs is 1. The summed E-state index contributed by atoms with van der Waals surface area (Å²) in [7, 11) is 3.75. The van der Waals surface area contributed by atoms with Crippen LogP contribution >= 0.6 is 0 Å². The van der Waals surface area contributed by atoms with Crippen LogP contribution < -0.4 is 20.1 Å². The lowest BCUT2D eigenvalue weighted by Gasteiger charge is -2.22. The Morgan fingerprint density at radius 1 is 1.12 bits per heavy atom. The molecule has 1 aromatic heterocycles. The lowest BCUT2D eigenvalue weighted by molar-refractivity contribution is -0.139. The van der Waals surface area contributed by atoms with E-state index in [0.29, 0.717) is 11.5 Å². The maximum absolute atomic E-state index is 12.0. The zero-order chi connectivity index (χ0) is 18.5. The van der Waals surface area contributed by atoms with Crippen LogP contribution in [0.3, 0.4) is 0 Å². The molecule has 0 aliphatic carbocycles. The molecule has 1 aliphatic rings. The number of likely N-dealkylation sites (N-methyl/N-ethyl adjacent to an activating group) is 1. The number of nitrogens with zero attached hydrogens (tertiary/aromatic N) is 1. The summed E-state index contributed by atoms with van der Waals surface area (Å²) in [6, 6.07) is 8.82. The highest BCUT2D eigenvalue weighted by molar-refractivity contribution is 6.35. The number of hydrogen-bond donors (Lipinski definition) is 2. The Morgan fingerprint density at radius 2 is 1.88 bits per heavy atom. The summed E-state index contributed by atoms with van der Waals surface area (Å²) in [5.74, 6) is 0.638. The zero-order valence-electron chi connectivity index (χ0n) is 14.7. The Bertz CT molecular complexity index is 773. The third-order valence-corrected chi connectivity index (χ3v) is 4.05. The van der Waals surface area contributed by atoms with Crippen LogP contribution in [0.25, 0.3) is 0 Å². The molecule has 0 spiro atoms. The second kappa shape index (κ2) is 7.92. The molecule has 1 atom stereocenters. The van der Waals surface area contributed by atoms with Gasteiger partial charge in [0.2, 0.25) is 6.79 Å². The van der Waals surface area contributed by atoms with Crippen LogP contribution in [0.15, 0.2) is 41.0 Å². The summed E-state index contributed by atoms with van der Waals surface area (Å²) in [6.07, 6.45) is 1.58. The molecule has 138 valence electrons. The summed E-state index contributed by atoms with van der Waals surface area (Å²) in [5, 5.41) is 5.23. The van der Waals surface area contributed by atoms with Crippen molar-refractivity contribution >= 4 is 11.8 Å². The van der Waals surface area contributed by atoms with E-state index in [9.17, 15) is 9.59 Å². The average Bonchev–Trinajstić information content (AvgIpc) is 3.30. The highest BCUT2D eigenvalue weighted by atomic mass is 16.7. The van der Waals surface area contributed by atoms with Gasteiger partial charge in [0, 0.05) is 13.1 Å². The summed E-state index contributed by atoms with van der Waals surface area (Å²) in [6.45, 7) is 0.672. The van der Waals surface area contributed by atoms with E-state index in [2.05, 4.69) is 10.6 Å². The van der Waals surface area contributed by atoms with E-state index in [1.54, 1.807) is 24.5 Å². The van der Waals surface area contributed by atoms with E-state index in [-0.39, 0.29) is 25.9 Å². The van der Waals surface area contributed by atoms with Crippen LogP contribution in [-0.2, 0) is 16.1 Å². The van der Waals surface area contributed by atoms with Crippen LogP contribution in [0.1, 0.15) is 17.4 Å². The molecule has 8 heteroatoms. The number of benzene rings is 1. The van der Waals surface area contributed by atoms with E-state index in [1.807, 2.05) is 31.1 Å². The van der Waals surface area contributed by atoms with Crippen molar-refractivity contribution < 1.29 is 23.5 Å². The minimum absolute atomic E-state index is 0.157. The first-order valence-corrected chi connectivity index (χ1v) is 8.19. The fourth-order valence-electron chi connectivity index (χ4n) is 2.60. The minimum atomic E-state index is -0.695. The molecule has 3 rings (SSSR count). The maximum atomic E-state index is 12.0. The summed E-state index contributed by atoms with van der Waals surface area (Å²) >= 11 is 0. The summed E-state index contributed by atoms with van der Waals surface area (Å²) in [5.41, 5.74) is 0.817. The van der Waals surface area contributed by atoms with E-state index >= 15 is 0 Å². The van der Waals surface area contributed by atoms with Gasteiger partial charge in [-0.3, -0.25) is 14.5 Å². The molecule has 1 unspecified atom stereocenters. The van der Waals surface area contributed by atoms with Gasteiger partial charge in [0.1, 0.15) is 5.76 Å². The molecule has 8 nitrogen and oxygen atoms in total. The normalized spacial score (nSPS) is 13.5. The van der Waals surface area contributed by atoms with Crippen molar-refractivity contribution in [3.8, 4) is 11.5 Å². The Labute approximate surface area is 151 Å². The largest absolute Gasteiger partial charge is 0.468 e. The molecule has 1 aliphatic heterocycles. The highest BCUT2D eigenvalue weighted by Crippen LogP contribution is 2.32. The highest BCUT2D eigenvalue weighted by Gasteiger charge is 2.20. The summed E-state index contributed by atoms with van der Waals surface area (Å²) < 4.78 is 15.9. The fraction of sp³-hybridized carbons (Fsp3) is 0.333. The fourth-order valence-corrected chi connectivity index (χ4v) is 2.60. The monoisotopic (exact) mass is 359 g/mol. The lowest BCUT2D eigenvalue weighted by Crippen LogP contribution is -2.42. The number of hydrogen-bond acceptors (Lipinski definition) is 6. The first-order chi connectivity index (χ1) is 12.5. The molecule has 2 amide bonds. The molecule has 1 aromatic carbocycles. The van der Waals surface area contributed by atoms with Gasteiger partial charge in [-0.2, -0.15) is 0 Å². The van der Waals surface area contributed by atoms with Crippen molar-refractivity contribution in [3.05, 3.63) is 47.9 Å². The number of amides is 2. The van der Waals surface area contributed by atoms with Gasteiger partial charge in [0.15, 0.2) is 11.5 Å². The predicted octanol–water partition coefficient (Wildman–Crippen LogP) is 1.04. The minimum Gasteiger partial charge on any atom is -0.468 e. The molecule has 0 bridgehead atoms.